The summed E-state index contributed by atoms with van der Waals surface area (Å²) in [5, 5.41) is 0. The molecule has 3 aliphatic rings. The lowest BCUT2D eigenvalue weighted by atomic mass is 9.83. The summed E-state index contributed by atoms with van der Waals surface area (Å²) in [4.78, 5) is 27.5. The molecule has 0 saturated carbocycles. The van der Waals surface area contributed by atoms with E-state index in [9.17, 15) is 9.59 Å². The number of morpholine rings is 1. The molecule has 0 radical (unpaired) electrons. The van der Waals surface area contributed by atoms with Gasteiger partial charge in [-0.1, -0.05) is 43.2 Å². The molecule has 1 aliphatic carbocycles. The fourth-order valence-electron chi connectivity index (χ4n) is 4.33. The number of allylic oxidation sites excluding steroid dienone is 2. The summed E-state index contributed by atoms with van der Waals surface area (Å²) in [6.45, 7) is 5.50. The van der Waals surface area contributed by atoms with E-state index in [1.807, 2.05) is 30.3 Å². The number of carbonyl (C=O) groups is 2. The van der Waals surface area contributed by atoms with E-state index in [4.69, 9.17) is 14.2 Å². The zero-order valence-electron chi connectivity index (χ0n) is 18.0. The van der Waals surface area contributed by atoms with Crippen LogP contribution in [0, 0.1) is 5.92 Å². The molecule has 0 aromatic heterocycles. The highest BCUT2D eigenvalue weighted by atomic mass is 16.5. The second-order valence-corrected chi connectivity index (χ2v) is 8.34. The first-order chi connectivity index (χ1) is 15.2. The van der Waals surface area contributed by atoms with Gasteiger partial charge in [-0.15, -0.1) is 0 Å². The van der Waals surface area contributed by atoms with Gasteiger partial charge in [0.2, 0.25) is 0 Å². The number of benzene rings is 1. The molecule has 0 N–H and O–H groups in total. The predicted molar refractivity (Wildman–Crippen MR) is 117 cm³/mol. The smallest absolute Gasteiger partial charge is 0.173 e. The first-order valence-electron chi connectivity index (χ1n) is 11.4. The molecule has 1 aromatic rings. The van der Waals surface area contributed by atoms with E-state index in [1.54, 1.807) is 0 Å². The van der Waals surface area contributed by atoms with E-state index in [0.29, 0.717) is 24.5 Å². The molecule has 6 nitrogen and oxygen atoms in total. The molecule has 0 amide bonds. The molecular formula is C25H31NO5. The van der Waals surface area contributed by atoms with E-state index in [1.165, 1.54) is 25.0 Å². The Hall–Kier alpha value is -2.44. The molecule has 0 spiro atoms. The Morgan fingerprint density at radius 3 is 2.48 bits per heavy atom. The standard InChI is InChI=1S/C25H31NO5/c27-21-16-20(30-13-7-2-1-6-10-26-11-14-29-15-12-26)17-24-25(21)22(28)18-23(31-24)19-8-4-3-5-9-19/h3-5,8-9,16,18,24-25H,1-2,6-7,10-15,17H2. The molecule has 31 heavy (non-hydrogen) atoms. The van der Waals surface area contributed by atoms with Crippen LogP contribution in [0.15, 0.2) is 48.2 Å². The molecule has 2 aliphatic heterocycles. The van der Waals surface area contributed by atoms with Crippen LogP contribution in [0.5, 0.6) is 0 Å². The Morgan fingerprint density at radius 1 is 0.935 bits per heavy atom. The first-order valence-corrected chi connectivity index (χ1v) is 11.4. The van der Waals surface area contributed by atoms with Gasteiger partial charge in [-0.05, 0) is 19.4 Å². The van der Waals surface area contributed by atoms with E-state index in [2.05, 4.69) is 4.90 Å². The van der Waals surface area contributed by atoms with Gasteiger partial charge in [-0.25, -0.2) is 0 Å². The highest BCUT2D eigenvalue weighted by molar-refractivity contribution is 6.15. The van der Waals surface area contributed by atoms with Crippen LogP contribution in [0.2, 0.25) is 0 Å². The van der Waals surface area contributed by atoms with Crippen LogP contribution in [0.4, 0.5) is 0 Å². The van der Waals surface area contributed by atoms with Crippen LogP contribution in [0.25, 0.3) is 5.76 Å². The molecule has 2 atom stereocenters. The maximum Gasteiger partial charge on any atom is 0.173 e. The number of ketones is 2. The molecular weight excluding hydrogens is 394 g/mol. The normalized spacial score (nSPS) is 24.1. The largest absolute Gasteiger partial charge is 0.498 e. The third kappa shape index (κ3) is 5.83. The van der Waals surface area contributed by atoms with Crippen molar-refractivity contribution in [1.82, 2.24) is 4.90 Å². The summed E-state index contributed by atoms with van der Waals surface area (Å²) in [7, 11) is 0. The molecule has 2 unspecified atom stereocenters. The lowest BCUT2D eigenvalue weighted by molar-refractivity contribution is -0.134. The summed E-state index contributed by atoms with van der Waals surface area (Å²) in [5.41, 5.74) is 0.843. The summed E-state index contributed by atoms with van der Waals surface area (Å²) in [6.07, 6.45) is 7.32. The van der Waals surface area contributed by atoms with Crippen LogP contribution in [-0.4, -0.2) is 62.0 Å². The van der Waals surface area contributed by atoms with Crippen molar-refractivity contribution in [3.05, 3.63) is 53.8 Å². The Kier molecular flexibility index (Phi) is 7.54. The van der Waals surface area contributed by atoms with Crippen molar-refractivity contribution in [2.75, 3.05) is 39.5 Å². The zero-order chi connectivity index (χ0) is 21.5. The second-order valence-electron chi connectivity index (χ2n) is 8.34. The van der Waals surface area contributed by atoms with Crippen molar-refractivity contribution in [1.29, 1.82) is 0 Å². The average Bonchev–Trinajstić information content (AvgIpc) is 2.79. The summed E-state index contributed by atoms with van der Waals surface area (Å²) >= 11 is 0. The molecule has 6 heteroatoms. The predicted octanol–water partition coefficient (Wildman–Crippen LogP) is 3.38. The fraction of sp³-hybridized carbons (Fsp3) is 0.520. The van der Waals surface area contributed by atoms with Crippen molar-refractivity contribution >= 4 is 17.3 Å². The zero-order valence-corrected chi connectivity index (χ0v) is 18.0. The highest BCUT2D eigenvalue weighted by Gasteiger charge is 2.42. The summed E-state index contributed by atoms with van der Waals surface area (Å²) in [5.74, 6) is 0.00337. The van der Waals surface area contributed by atoms with Gasteiger partial charge < -0.3 is 14.2 Å². The molecule has 2 heterocycles. The molecule has 1 aromatic carbocycles. The number of unbranched alkanes of at least 4 members (excludes halogenated alkanes) is 3. The van der Waals surface area contributed by atoms with Crippen LogP contribution in [0.1, 0.15) is 37.7 Å². The third-order valence-electron chi connectivity index (χ3n) is 6.06. The van der Waals surface area contributed by atoms with Gasteiger partial charge in [0, 0.05) is 37.2 Å². The van der Waals surface area contributed by atoms with Crippen molar-refractivity contribution in [3.8, 4) is 0 Å². The quantitative estimate of drug-likeness (QED) is 0.446. The number of hydrogen-bond donors (Lipinski definition) is 0. The van der Waals surface area contributed by atoms with Gasteiger partial charge in [0.15, 0.2) is 11.6 Å². The minimum absolute atomic E-state index is 0.185. The van der Waals surface area contributed by atoms with Crippen LogP contribution >= 0.6 is 0 Å². The van der Waals surface area contributed by atoms with Gasteiger partial charge in [0.1, 0.15) is 23.5 Å². The van der Waals surface area contributed by atoms with Crippen molar-refractivity contribution in [3.63, 3.8) is 0 Å². The fourth-order valence-corrected chi connectivity index (χ4v) is 4.33. The minimum Gasteiger partial charge on any atom is -0.498 e. The Labute approximate surface area is 183 Å². The molecule has 4 rings (SSSR count). The van der Waals surface area contributed by atoms with Crippen molar-refractivity contribution in [2.45, 2.75) is 38.2 Å². The van der Waals surface area contributed by atoms with Gasteiger partial charge in [0.25, 0.3) is 0 Å². The monoisotopic (exact) mass is 425 g/mol. The van der Waals surface area contributed by atoms with E-state index < -0.39 is 12.0 Å². The van der Waals surface area contributed by atoms with Crippen molar-refractivity contribution < 1.29 is 23.8 Å². The SMILES string of the molecule is O=C1C=C(OCCCCCCN2CCOCC2)CC2OC(c3ccccc3)=CC(=O)C12. The Bertz CT molecular complexity index is 826. The number of fused-ring (bicyclic) bond motifs is 1. The van der Waals surface area contributed by atoms with Gasteiger partial charge in [-0.3, -0.25) is 14.5 Å². The number of ether oxygens (including phenoxy) is 3. The Balaban J connectivity index is 1.20. The van der Waals surface area contributed by atoms with E-state index in [0.717, 1.165) is 51.3 Å². The summed E-state index contributed by atoms with van der Waals surface area (Å²) in [6, 6.07) is 9.51. The van der Waals surface area contributed by atoms with E-state index >= 15 is 0 Å². The lowest BCUT2D eigenvalue weighted by Gasteiger charge is -2.33. The number of carbonyl (C=O) groups excluding carboxylic acids is 2. The van der Waals surface area contributed by atoms with Gasteiger partial charge in [0.05, 0.1) is 19.8 Å². The molecule has 166 valence electrons. The van der Waals surface area contributed by atoms with Crippen LogP contribution in [0.3, 0.4) is 0 Å². The summed E-state index contributed by atoms with van der Waals surface area (Å²) < 4.78 is 17.3. The number of nitrogens with zero attached hydrogens (tertiary/aromatic N) is 1. The minimum atomic E-state index is -0.750. The lowest BCUT2D eigenvalue weighted by Crippen LogP contribution is -2.41. The maximum absolute atomic E-state index is 12.5. The van der Waals surface area contributed by atoms with E-state index in [-0.39, 0.29) is 11.6 Å². The van der Waals surface area contributed by atoms with Crippen LogP contribution < -0.4 is 0 Å². The number of rotatable bonds is 9. The Morgan fingerprint density at radius 2 is 1.68 bits per heavy atom. The molecule has 1 saturated heterocycles. The van der Waals surface area contributed by atoms with Gasteiger partial charge in [-0.2, -0.15) is 0 Å². The topological polar surface area (TPSA) is 65.1 Å². The molecule has 0 bridgehead atoms. The average molecular weight is 426 g/mol. The first kappa shape index (κ1) is 21.8. The second kappa shape index (κ2) is 10.7. The maximum atomic E-state index is 12.5. The van der Waals surface area contributed by atoms with Gasteiger partial charge >= 0.3 is 0 Å². The third-order valence-corrected chi connectivity index (χ3v) is 6.06. The molecule has 1 fully saturated rings. The number of hydrogen-bond acceptors (Lipinski definition) is 6. The highest BCUT2D eigenvalue weighted by Crippen LogP contribution is 2.34. The van der Waals surface area contributed by atoms with Crippen molar-refractivity contribution in [2.24, 2.45) is 5.92 Å². The van der Waals surface area contributed by atoms with Crippen LogP contribution in [-0.2, 0) is 23.8 Å².